The van der Waals surface area contributed by atoms with Gasteiger partial charge in [-0.3, -0.25) is 0 Å². The van der Waals surface area contributed by atoms with Crippen LogP contribution >= 0.6 is 11.6 Å². The molecule has 2 rings (SSSR count). The molecule has 2 aromatic carbocycles. The average molecular weight is 332 g/mol. The van der Waals surface area contributed by atoms with Crippen molar-refractivity contribution in [3.8, 4) is 11.5 Å². The number of methoxy groups -OCH3 is 1. The molecule has 0 aliphatic rings. The highest BCUT2D eigenvalue weighted by Crippen LogP contribution is 2.36. The molecule has 6 heteroatoms. The predicted octanol–water partition coefficient (Wildman–Crippen LogP) is 3.78. The van der Waals surface area contributed by atoms with Gasteiger partial charge in [0, 0.05) is 11.6 Å². The molecule has 0 saturated carbocycles. The lowest BCUT2D eigenvalue weighted by molar-refractivity contribution is -0.129. The molecule has 0 aromatic heterocycles. The third-order valence-corrected chi connectivity index (χ3v) is 3.15. The van der Waals surface area contributed by atoms with Crippen molar-refractivity contribution in [2.24, 2.45) is 5.16 Å². The Morgan fingerprint density at radius 2 is 1.96 bits per heavy atom. The van der Waals surface area contributed by atoms with Crippen LogP contribution in [0.4, 0.5) is 0 Å². The van der Waals surface area contributed by atoms with Gasteiger partial charge < -0.3 is 14.7 Å². The zero-order valence-corrected chi connectivity index (χ0v) is 13.0. The zero-order valence-electron chi connectivity index (χ0n) is 12.3. The van der Waals surface area contributed by atoms with Gasteiger partial charge >= 0.3 is 5.97 Å². The second-order valence-corrected chi connectivity index (χ2v) is 4.85. The molecule has 0 aliphatic carbocycles. The molecule has 0 atom stereocenters. The minimum atomic E-state index is -0.586. The Hall–Kier alpha value is -2.79. The summed E-state index contributed by atoms with van der Waals surface area (Å²) >= 11 is 6.09. The number of oxime groups is 1. The van der Waals surface area contributed by atoms with Gasteiger partial charge in [0.05, 0.1) is 18.3 Å². The number of ether oxygens (including phenoxy) is 2. The van der Waals surface area contributed by atoms with E-state index in [0.717, 1.165) is 5.56 Å². The van der Waals surface area contributed by atoms with Crippen molar-refractivity contribution in [2.75, 3.05) is 7.11 Å². The van der Waals surface area contributed by atoms with Crippen LogP contribution in [0.1, 0.15) is 11.1 Å². The van der Waals surface area contributed by atoms with Crippen LogP contribution in [0.15, 0.2) is 53.7 Å². The van der Waals surface area contributed by atoms with Gasteiger partial charge in [0.15, 0.2) is 11.5 Å². The quantitative estimate of drug-likeness (QED) is 0.226. The minimum Gasteiger partial charge on any atom is -0.493 e. The summed E-state index contributed by atoms with van der Waals surface area (Å²) in [7, 11) is 1.42. The lowest BCUT2D eigenvalue weighted by Crippen LogP contribution is -2.06. The third-order valence-electron chi connectivity index (χ3n) is 2.87. The normalized spacial score (nSPS) is 11.0. The molecule has 0 bridgehead atoms. The van der Waals surface area contributed by atoms with Gasteiger partial charge in [-0.2, -0.15) is 0 Å². The van der Waals surface area contributed by atoms with Gasteiger partial charge in [-0.25, -0.2) is 4.79 Å². The summed E-state index contributed by atoms with van der Waals surface area (Å²) < 4.78 is 10.4. The van der Waals surface area contributed by atoms with Crippen molar-refractivity contribution in [1.82, 2.24) is 0 Å². The summed E-state index contributed by atoms with van der Waals surface area (Å²) in [6, 6.07) is 12.4. The molecule has 0 heterocycles. The van der Waals surface area contributed by atoms with E-state index in [4.69, 9.17) is 26.3 Å². The van der Waals surface area contributed by atoms with Crippen LogP contribution in [0.3, 0.4) is 0 Å². The van der Waals surface area contributed by atoms with E-state index in [-0.39, 0.29) is 16.5 Å². The van der Waals surface area contributed by atoms with Crippen LogP contribution in [0.5, 0.6) is 11.5 Å². The van der Waals surface area contributed by atoms with E-state index in [1.807, 2.05) is 30.3 Å². The van der Waals surface area contributed by atoms with E-state index in [9.17, 15) is 4.79 Å². The first-order valence-electron chi connectivity index (χ1n) is 6.64. The number of nitrogens with zero attached hydrogens (tertiary/aromatic N) is 1. The van der Waals surface area contributed by atoms with Crippen LogP contribution in [-0.2, 0) is 4.79 Å². The average Bonchev–Trinajstić information content (AvgIpc) is 2.56. The summed E-state index contributed by atoms with van der Waals surface area (Å²) in [6.07, 6.45) is 4.12. The molecule has 0 spiro atoms. The Labute approximate surface area is 138 Å². The van der Waals surface area contributed by atoms with Gasteiger partial charge in [-0.05, 0) is 23.8 Å². The number of hydrogen-bond donors (Lipinski definition) is 1. The maximum Gasteiger partial charge on any atom is 0.336 e. The van der Waals surface area contributed by atoms with E-state index >= 15 is 0 Å². The van der Waals surface area contributed by atoms with Gasteiger partial charge in [0.25, 0.3) is 0 Å². The molecule has 23 heavy (non-hydrogen) atoms. The van der Waals surface area contributed by atoms with E-state index in [1.165, 1.54) is 31.5 Å². The number of hydrogen-bond acceptors (Lipinski definition) is 5. The fourth-order valence-corrected chi connectivity index (χ4v) is 2.10. The molecule has 0 unspecified atom stereocenters. The number of halogens is 1. The van der Waals surface area contributed by atoms with Crippen LogP contribution in [0, 0.1) is 0 Å². The first kappa shape index (κ1) is 16.6. The highest BCUT2D eigenvalue weighted by atomic mass is 35.5. The predicted molar refractivity (Wildman–Crippen MR) is 88.5 cm³/mol. The maximum atomic E-state index is 11.9. The number of rotatable bonds is 5. The molecule has 0 fully saturated rings. The summed E-state index contributed by atoms with van der Waals surface area (Å²) in [5, 5.41) is 11.6. The second-order valence-electron chi connectivity index (χ2n) is 4.44. The molecular weight excluding hydrogens is 318 g/mol. The van der Waals surface area contributed by atoms with Crippen LogP contribution in [0.25, 0.3) is 6.08 Å². The number of benzene rings is 2. The fourth-order valence-electron chi connectivity index (χ4n) is 1.84. The fraction of sp³-hybridized carbons (Fsp3) is 0.0588. The lowest BCUT2D eigenvalue weighted by atomic mass is 10.2. The molecular formula is C17H14ClNO4. The standard InChI is InChI=1S/C17H14ClNO4/c1-22-15-10-13(11-19-21)9-14(18)17(15)23-16(20)8-7-12-5-3-2-4-6-12/h2-11,21H,1H3/b8-7?,19-11+. The van der Waals surface area contributed by atoms with E-state index in [1.54, 1.807) is 6.08 Å². The summed E-state index contributed by atoms with van der Waals surface area (Å²) in [5.74, 6) is -0.224. The van der Waals surface area contributed by atoms with Crippen LogP contribution in [-0.4, -0.2) is 24.5 Å². The molecule has 5 nitrogen and oxygen atoms in total. The summed E-state index contributed by atoms with van der Waals surface area (Å²) in [5.41, 5.74) is 1.38. The van der Waals surface area contributed by atoms with Crippen molar-refractivity contribution in [3.05, 3.63) is 64.7 Å². The van der Waals surface area contributed by atoms with Crippen molar-refractivity contribution in [2.45, 2.75) is 0 Å². The van der Waals surface area contributed by atoms with Crippen LogP contribution in [0.2, 0.25) is 5.02 Å². The minimum absolute atomic E-state index is 0.104. The second kappa shape index (κ2) is 8.00. The monoisotopic (exact) mass is 331 g/mol. The maximum absolute atomic E-state index is 11.9. The lowest BCUT2D eigenvalue weighted by Gasteiger charge is -2.10. The van der Waals surface area contributed by atoms with E-state index in [0.29, 0.717) is 5.56 Å². The Kier molecular flexibility index (Phi) is 5.77. The highest BCUT2D eigenvalue weighted by Gasteiger charge is 2.14. The van der Waals surface area contributed by atoms with Crippen molar-refractivity contribution < 1.29 is 19.5 Å². The SMILES string of the molecule is COc1cc(/C=N/O)cc(Cl)c1OC(=O)C=Cc1ccccc1. The Bertz CT molecular complexity index is 742. The van der Waals surface area contributed by atoms with Crippen molar-refractivity contribution >= 4 is 29.9 Å². The molecule has 0 saturated heterocycles. The van der Waals surface area contributed by atoms with Crippen LogP contribution < -0.4 is 9.47 Å². The van der Waals surface area contributed by atoms with Crippen molar-refractivity contribution in [1.29, 1.82) is 0 Å². The summed E-state index contributed by atoms with van der Waals surface area (Å²) in [4.78, 5) is 11.9. The van der Waals surface area contributed by atoms with E-state index < -0.39 is 5.97 Å². The van der Waals surface area contributed by atoms with Crippen molar-refractivity contribution in [3.63, 3.8) is 0 Å². The molecule has 2 aromatic rings. The van der Waals surface area contributed by atoms with E-state index in [2.05, 4.69) is 5.16 Å². The first-order valence-corrected chi connectivity index (χ1v) is 7.01. The Morgan fingerprint density at radius 3 is 2.61 bits per heavy atom. The van der Waals surface area contributed by atoms with Gasteiger partial charge in [-0.1, -0.05) is 47.1 Å². The molecule has 118 valence electrons. The number of carbonyl (C=O) groups is 1. The third kappa shape index (κ3) is 4.59. The largest absolute Gasteiger partial charge is 0.493 e. The van der Waals surface area contributed by atoms with Gasteiger partial charge in [-0.15, -0.1) is 0 Å². The Morgan fingerprint density at radius 1 is 1.22 bits per heavy atom. The smallest absolute Gasteiger partial charge is 0.336 e. The number of carbonyl (C=O) groups excluding carboxylic acids is 1. The Balaban J connectivity index is 2.19. The molecule has 0 aliphatic heterocycles. The zero-order chi connectivity index (χ0) is 16.7. The highest BCUT2D eigenvalue weighted by molar-refractivity contribution is 6.32. The number of esters is 1. The molecule has 1 N–H and O–H groups in total. The molecule has 0 radical (unpaired) electrons. The van der Waals surface area contributed by atoms with Gasteiger partial charge in [0.2, 0.25) is 0 Å². The molecule has 0 amide bonds. The first-order chi connectivity index (χ1) is 11.1. The van der Waals surface area contributed by atoms with Gasteiger partial charge in [0.1, 0.15) is 0 Å². The topological polar surface area (TPSA) is 68.1 Å². The summed E-state index contributed by atoms with van der Waals surface area (Å²) in [6.45, 7) is 0.